The number of esters is 1. The quantitative estimate of drug-likeness (QED) is 0.586. The molecule has 1 aromatic rings. The third-order valence-electron chi connectivity index (χ3n) is 3.01. The van der Waals surface area contributed by atoms with E-state index in [-0.39, 0.29) is 18.8 Å². The molecule has 1 amide bonds. The van der Waals surface area contributed by atoms with Gasteiger partial charge in [-0.3, -0.25) is 9.59 Å². The molecule has 0 atom stereocenters. The van der Waals surface area contributed by atoms with Gasteiger partial charge in [0.05, 0.1) is 0 Å². The predicted molar refractivity (Wildman–Crippen MR) is 62.9 cm³/mol. The number of carbonyl (C=O) groups excluding carboxylic acids is 2. The van der Waals surface area contributed by atoms with Crippen molar-refractivity contribution in [2.75, 3.05) is 6.54 Å². The molecule has 2 rings (SSSR count). The van der Waals surface area contributed by atoms with Gasteiger partial charge in [0.25, 0.3) is 0 Å². The van der Waals surface area contributed by atoms with E-state index in [1.807, 2.05) is 0 Å². The Morgan fingerprint density at radius 1 is 1.30 bits per heavy atom. The van der Waals surface area contributed by atoms with E-state index in [0.29, 0.717) is 12.0 Å². The fourth-order valence-electron chi connectivity index (χ4n) is 2.15. The summed E-state index contributed by atoms with van der Waals surface area (Å²) < 4.78 is 42.3. The zero-order chi connectivity index (χ0) is 14.9. The molecule has 1 aliphatic rings. The van der Waals surface area contributed by atoms with Gasteiger partial charge in [0, 0.05) is 25.6 Å². The molecular weight excluding hydrogens is 275 g/mol. The Morgan fingerprint density at radius 2 is 2.00 bits per heavy atom. The highest BCUT2D eigenvalue weighted by atomic mass is 19.4. The first-order chi connectivity index (χ1) is 9.29. The number of benzene rings is 1. The van der Waals surface area contributed by atoms with Crippen molar-refractivity contribution in [2.24, 2.45) is 0 Å². The largest absolute Gasteiger partial charge is 0.471 e. The van der Waals surface area contributed by atoms with Crippen LogP contribution in [-0.2, 0) is 22.6 Å². The second kappa shape index (κ2) is 5.15. The van der Waals surface area contributed by atoms with Crippen molar-refractivity contribution in [2.45, 2.75) is 26.1 Å². The van der Waals surface area contributed by atoms with Gasteiger partial charge in [0.2, 0.25) is 0 Å². The van der Waals surface area contributed by atoms with Gasteiger partial charge in [-0.05, 0) is 18.1 Å². The van der Waals surface area contributed by atoms with Crippen LogP contribution in [0.25, 0.3) is 0 Å². The molecule has 0 aromatic heterocycles. The highest BCUT2D eigenvalue weighted by molar-refractivity contribution is 5.82. The molecule has 0 fully saturated rings. The van der Waals surface area contributed by atoms with Crippen LogP contribution in [-0.4, -0.2) is 29.5 Å². The summed E-state index contributed by atoms with van der Waals surface area (Å²) in [5.41, 5.74) is 1.24. The van der Waals surface area contributed by atoms with Crippen LogP contribution in [0.1, 0.15) is 18.1 Å². The zero-order valence-corrected chi connectivity index (χ0v) is 10.7. The molecule has 20 heavy (non-hydrogen) atoms. The van der Waals surface area contributed by atoms with Gasteiger partial charge in [-0.15, -0.1) is 0 Å². The maximum absolute atomic E-state index is 12.4. The molecule has 0 unspecified atom stereocenters. The number of hydrogen-bond acceptors (Lipinski definition) is 3. The minimum atomic E-state index is -4.89. The second-order valence-electron chi connectivity index (χ2n) is 4.46. The van der Waals surface area contributed by atoms with E-state index in [1.165, 1.54) is 13.0 Å². The summed E-state index contributed by atoms with van der Waals surface area (Å²) in [5.74, 6) is -2.23. The Bertz CT molecular complexity index is 554. The first kappa shape index (κ1) is 14.4. The lowest BCUT2D eigenvalue weighted by Gasteiger charge is -2.30. The van der Waals surface area contributed by atoms with Crippen molar-refractivity contribution in [3.8, 4) is 5.75 Å². The summed E-state index contributed by atoms with van der Waals surface area (Å²) in [5, 5.41) is 0. The molecule has 1 aromatic carbocycles. The fourth-order valence-corrected chi connectivity index (χ4v) is 2.15. The fraction of sp³-hybridized carbons (Fsp3) is 0.385. The molecule has 1 aliphatic heterocycles. The van der Waals surface area contributed by atoms with Gasteiger partial charge in [-0.2, -0.15) is 13.2 Å². The summed E-state index contributed by atoms with van der Waals surface area (Å²) >= 11 is 0. The number of hydrogen-bond donors (Lipinski definition) is 0. The van der Waals surface area contributed by atoms with Crippen molar-refractivity contribution >= 4 is 11.9 Å². The van der Waals surface area contributed by atoms with Crippen LogP contribution >= 0.6 is 0 Å². The SMILES string of the molecule is CC(=O)Oc1cccc2c1CN(C(=O)C(F)(F)F)CC2. The lowest BCUT2D eigenvalue weighted by molar-refractivity contribution is -0.186. The van der Waals surface area contributed by atoms with Crippen LogP contribution in [0.3, 0.4) is 0 Å². The summed E-state index contributed by atoms with van der Waals surface area (Å²) in [6.07, 6.45) is -4.60. The van der Waals surface area contributed by atoms with Crippen molar-refractivity contribution in [3.05, 3.63) is 29.3 Å². The molecule has 0 saturated heterocycles. The summed E-state index contributed by atoms with van der Waals surface area (Å²) in [4.78, 5) is 23.0. The van der Waals surface area contributed by atoms with E-state index in [4.69, 9.17) is 4.74 Å². The molecular formula is C13H12F3NO3. The lowest BCUT2D eigenvalue weighted by atomic mass is 9.98. The Morgan fingerprint density at radius 3 is 2.60 bits per heavy atom. The number of nitrogens with zero attached hydrogens (tertiary/aromatic N) is 1. The third kappa shape index (κ3) is 2.92. The van der Waals surface area contributed by atoms with E-state index >= 15 is 0 Å². The van der Waals surface area contributed by atoms with Gasteiger partial charge < -0.3 is 9.64 Å². The number of rotatable bonds is 1. The Labute approximate surface area is 113 Å². The zero-order valence-electron chi connectivity index (χ0n) is 10.7. The van der Waals surface area contributed by atoms with E-state index in [2.05, 4.69) is 0 Å². The van der Waals surface area contributed by atoms with E-state index in [0.717, 1.165) is 10.5 Å². The summed E-state index contributed by atoms with van der Waals surface area (Å²) in [7, 11) is 0. The smallest absolute Gasteiger partial charge is 0.426 e. The molecule has 0 N–H and O–H groups in total. The number of fused-ring (bicyclic) bond motifs is 1. The van der Waals surface area contributed by atoms with Crippen LogP contribution in [0.2, 0.25) is 0 Å². The highest BCUT2D eigenvalue weighted by Crippen LogP contribution is 2.30. The Kier molecular flexibility index (Phi) is 3.69. The van der Waals surface area contributed by atoms with Crippen molar-refractivity contribution in [1.82, 2.24) is 4.90 Å². The second-order valence-corrected chi connectivity index (χ2v) is 4.46. The van der Waals surface area contributed by atoms with Crippen molar-refractivity contribution in [1.29, 1.82) is 0 Å². The molecule has 0 saturated carbocycles. The number of halogens is 3. The van der Waals surface area contributed by atoms with E-state index in [1.54, 1.807) is 12.1 Å². The first-order valence-electron chi connectivity index (χ1n) is 5.94. The van der Waals surface area contributed by atoms with E-state index in [9.17, 15) is 22.8 Å². The molecule has 0 radical (unpaired) electrons. The summed E-state index contributed by atoms with van der Waals surface area (Å²) in [6.45, 7) is 0.993. The van der Waals surface area contributed by atoms with Gasteiger partial charge in [0.15, 0.2) is 0 Å². The lowest BCUT2D eigenvalue weighted by Crippen LogP contribution is -2.43. The predicted octanol–water partition coefficient (Wildman–Crippen LogP) is 2.06. The molecule has 1 heterocycles. The number of ether oxygens (including phenoxy) is 1. The van der Waals surface area contributed by atoms with Crippen LogP contribution < -0.4 is 4.74 Å². The molecule has 0 spiro atoms. The average Bonchev–Trinajstić information content (AvgIpc) is 2.36. The molecule has 0 aliphatic carbocycles. The summed E-state index contributed by atoms with van der Waals surface area (Å²) in [6, 6.07) is 4.91. The topological polar surface area (TPSA) is 46.6 Å². The molecule has 108 valence electrons. The average molecular weight is 287 g/mol. The van der Waals surface area contributed by atoms with Gasteiger partial charge in [-0.1, -0.05) is 12.1 Å². The standard InChI is InChI=1S/C13H12F3NO3/c1-8(18)20-11-4-2-3-9-5-6-17(7-10(9)11)12(19)13(14,15)16/h2-4H,5-7H2,1H3. The number of amides is 1. The Hall–Kier alpha value is -2.05. The van der Waals surface area contributed by atoms with Gasteiger partial charge in [0.1, 0.15) is 5.75 Å². The molecule has 0 bridgehead atoms. The normalized spacial score (nSPS) is 14.7. The minimum Gasteiger partial charge on any atom is -0.426 e. The molecule has 4 nitrogen and oxygen atoms in total. The number of alkyl halides is 3. The Balaban J connectivity index is 2.28. The van der Waals surface area contributed by atoms with Gasteiger partial charge in [-0.25, -0.2) is 0 Å². The van der Waals surface area contributed by atoms with E-state index < -0.39 is 18.1 Å². The van der Waals surface area contributed by atoms with Crippen molar-refractivity contribution < 1.29 is 27.5 Å². The maximum atomic E-state index is 12.4. The van der Waals surface area contributed by atoms with Crippen LogP contribution in [0.5, 0.6) is 5.75 Å². The first-order valence-corrected chi connectivity index (χ1v) is 5.94. The monoisotopic (exact) mass is 287 g/mol. The van der Waals surface area contributed by atoms with Gasteiger partial charge >= 0.3 is 18.1 Å². The third-order valence-corrected chi connectivity index (χ3v) is 3.01. The van der Waals surface area contributed by atoms with Crippen molar-refractivity contribution in [3.63, 3.8) is 0 Å². The maximum Gasteiger partial charge on any atom is 0.471 e. The van der Waals surface area contributed by atoms with Crippen LogP contribution in [0.4, 0.5) is 13.2 Å². The minimum absolute atomic E-state index is 0.00509. The highest BCUT2D eigenvalue weighted by Gasteiger charge is 2.43. The van der Waals surface area contributed by atoms with Crippen LogP contribution in [0.15, 0.2) is 18.2 Å². The molecule has 7 heteroatoms. The van der Waals surface area contributed by atoms with Crippen LogP contribution in [0, 0.1) is 0 Å². The number of carbonyl (C=O) groups is 2.